The normalized spacial score (nSPS) is 12.5. The lowest BCUT2D eigenvalue weighted by Crippen LogP contribution is -2.20. The fraction of sp³-hybridized carbons (Fsp3) is 0.615. The molecule has 4 nitrogen and oxygen atoms in total. The Bertz CT molecular complexity index is 313. The maximum absolute atomic E-state index is 5.04. The van der Waals surface area contributed by atoms with E-state index in [9.17, 15) is 0 Å². The van der Waals surface area contributed by atoms with E-state index in [1.54, 1.807) is 7.11 Å². The van der Waals surface area contributed by atoms with Crippen LogP contribution in [0.15, 0.2) is 18.3 Å². The van der Waals surface area contributed by atoms with E-state index in [4.69, 9.17) is 4.74 Å². The molecule has 1 rings (SSSR count). The maximum Gasteiger partial charge on any atom is 0.0571 e. The molecule has 96 valence electrons. The molecule has 1 aromatic rings. The van der Waals surface area contributed by atoms with Gasteiger partial charge in [0.1, 0.15) is 0 Å². The lowest BCUT2D eigenvalue weighted by Gasteiger charge is -2.19. The molecule has 0 saturated heterocycles. The van der Waals surface area contributed by atoms with Crippen LogP contribution in [0.4, 0.5) is 5.69 Å². The summed E-state index contributed by atoms with van der Waals surface area (Å²) in [7, 11) is 5.75. The molecule has 1 heterocycles. The summed E-state index contributed by atoms with van der Waals surface area (Å²) in [6, 6.07) is 4.48. The van der Waals surface area contributed by atoms with Crippen molar-refractivity contribution in [2.24, 2.45) is 0 Å². The Hall–Kier alpha value is -1.13. The first-order valence-corrected chi connectivity index (χ1v) is 6.02. The van der Waals surface area contributed by atoms with E-state index in [-0.39, 0.29) is 0 Å². The van der Waals surface area contributed by atoms with Crippen LogP contribution in [0.25, 0.3) is 0 Å². The van der Waals surface area contributed by atoms with E-state index in [2.05, 4.69) is 41.3 Å². The van der Waals surface area contributed by atoms with E-state index in [1.807, 2.05) is 13.2 Å². The average molecular weight is 237 g/mol. The molecular weight excluding hydrogens is 214 g/mol. The van der Waals surface area contributed by atoms with Gasteiger partial charge in [0.25, 0.3) is 0 Å². The molecule has 0 amide bonds. The van der Waals surface area contributed by atoms with E-state index in [0.717, 1.165) is 31.0 Å². The fourth-order valence-electron chi connectivity index (χ4n) is 1.60. The number of hydrogen-bond donors (Lipinski definition) is 1. The van der Waals surface area contributed by atoms with E-state index in [0.29, 0.717) is 6.04 Å². The molecule has 0 fully saturated rings. The molecule has 0 aromatic carbocycles. The minimum Gasteiger partial charge on any atom is -0.385 e. The predicted molar refractivity (Wildman–Crippen MR) is 71.5 cm³/mol. The summed E-state index contributed by atoms with van der Waals surface area (Å²) in [5, 5.41) is 3.18. The number of aromatic nitrogens is 1. The third-order valence-electron chi connectivity index (χ3n) is 2.93. The molecule has 1 N–H and O–H groups in total. The van der Waals surface area contributed by atoms with Gasteiger partial charge in [0.2, 0.25) is 0 Å². The standard InChI is InChI=1S/C13H23N3O/c1-11(14-2)13-7-6-12(10-15-13)16(3)8-5-9-17-4/h6-7,10-11,14H,5,8-9H2,1-4H3. The molecule has 1 unspecified atom stereocenters. The number of anilines is 1. The van der Waals surface area contributed by atoms with Crippen molar-refractivity contribution in [2.45, 2.75) is 19.4 Å². The molecule has 1 aromatic heterocycles. The van der Waals surface area contributed by atoms with Crippen molar-refractivity contribution in [3.8, 4) is 0 Å². The number of nitrogens with zero attached hydrogens (tertiary/aromatic N) is 2. The van der Waals surface area contributed by atoms with Crippen LogP contribution in [0.5, 0.6) is 0 Å². The Kier molecular flexibility index (Phi) is 5.94. The highest BCUT2D eigenvalue weighted by Gasteiger charge is 2.05. The summed E-state index contributed by atoms with van der Waals surface area (Å²) >= 11 is 0. The maximum atomic E-state index is 5.04. The van der Waals surface area contributed by atoms with Crippen molar-refractivity contribution in [3.05, 3.63) is 24.0 Å². The third kappa shape index (κ3) is 4.32. The Labute approximate surface area is 104 Å². The zero-order chi connectivity index (χ0) is 12.7. The van der Waals surface area contributed by atoms with Crippen LogP contribution < -0.4 is 10.2 Å². The predicted octanol–water partition coefficient (Wildman–Crippen LogP) is 1.83. The van der Waals surface area contributed by atoms with Gasteiger partial charge in [0.15, 0.2) is 0 Å². The molecule has 0 bridgehead atoms. The van der Waals surface area contributed by atoms with E-state index in [1.165, 1.54) is 0 Å². The van der Waals surface area contributed by atoms with Crippen LogP contribution in [0.3, 0.4) is 0 Å². The number of ether oxygens (including phenoxy) is 1. The minimum atomic E-state index is 0.294. The number of pyridine rings is 1. The largest absolute Gasteiger partial charge is 0.385 e. The molecule has 0 aliphatic rings. The van der Waals surface area contributed by atoms with E-state index >= 15 is 0 Å². The highest BCUT2D eigenvalue weighted by molar-refractivity contribution is 5.43. The van der Waals surface area contributed by atoms with Crippen molar-refractivity contribution in [2.75, 3.05) is 39.3 Å². The van der Waals surface area contributed by atoms with Crippen molar-refractivity contribution >= 4 is 5.69 Å². The summed E-state index contributed by atoms with van der Waals surface area (Å²) in [5.41, 5.74) is 2.22. The van der Waals surface area contributed by atoms with E-state index < -0.39 is 0 Å². The molecule has 1 atom stereocenters. The molecule has 4 heteroatoms. The minimum absolute atomic E-state index is 0.294. The molecule has 17 heavy (non-hydrogen) atoms. The van der Waals surface area contributed by atoms with Crippen molar-refractivity contribution in [1.82, 2.24) is 10.3 Å². The van der Waals surface area contributed by atoms with Gasteiger partial charge in [0.05, 0.1) is 17.6 Å². The number of methoxy groups -OCH3 is 1. The Morgan fingerprint density at radius 1 is 1.47 bits per heavy atom. The Morgan fingerprint density at radius 2 is 2.24 bits per heavy atom. The van der Waals surface area contributed by atoms with Gasteiger partial charge in [-0.3, -0.25) is 4.98 Å². The summed E-state index contributed by atoms with van der Waals surface area (Å²) in [6.07, 6.45) is 2.96. The first-order chi connectivity index (χ1) is 8.19. The lowest BCUT2D eigenvalue weighted by atomic mass is 10.2. The summed E-state index contributed by atoms with van der Waals surface area (Å²) < 4.78 is 5.04. The van der Waals surface area contributed by atoms with Gasteiger partial charge in [0, 0.05) is 33.4 Å². The Morgan fingerprint density at radius 3 is 2.76 bits per heavy atom. The van der Waals surface area contributed by atoms with Gasteiger partial charge in [-0.2, -0.15) is 0 Å². The van der Waals surface area contributed by atoms with Crippen LogP contribution in [-0.4, -0.2) is 39.3 Å². The average Bonchev–Trinajstić information content (AvgIpc) is 2.38. The smallest absolute Gasteiger partial charge is 0.0571 e. The summed E-state index contributed by atoms with van der Waals surface area (Å²) in [6.45, 7) is 3.88. The highest BCUT2D eigenvalue weighted by atomic mass is 16.5. The molecule has 0 radical (unpaired) electrons. The van der Waals surface area contributed by atoms with Gasteiger partial charge in [-0.25, -0.2) is 0 Å². The van der Waals surface area contributed by atoms with Crippen molar-refractivity contribution < 1.29 is 4.74 Å². The quantitative estimate of drug-likeness (QED) is 0.734. The zero-order valence-electron chi connectivity index (χ0n) is 11.2. The number of hydrogen-bond acceptors (Lipinski definition) is 4. The van der Waals surface area contributed by atoms with Gasteiger partial charge in [-0.1, -0.05) is 0 Å². The van der Waals surface area contributed by atoms with Crippen LogP contribution in [0.1, 0.15) is 25.1 Å². The fourth-order valence-corrected chi connectivity index (χ4v) is 1.60. The number of rotatable bonds is 7. The topological polar surface area (TPSA) is 37.4 Å². The molecule has 0 aliphatic heterocycles. The second-order valence-corrected chi connectivity index (χ2v) is 4.22. The second-order valence-electron chi connectivity index (χ2n) is 4.22. The SMILES string of the molecule is CNC(C)c1ccc(N(C)CCCOC)cn1. The van der Waals surface area contributed by atoms with Crippen LogP contribution in [-0.2, 0) is 4.74 Å². The van der Waals surface area contributed by atoms with Gasteiger partial charge in [-0.15, -0.1) is 0 Å². The van der Waals surface area contributed by atoms with Crippen molar-refractivity contribution in [1.29, 1.82) is 0 Å². The third-order valence-corrected chi connectivity index (χ3v) is 2.93. The van der Waals surface area contributed by atoms with Crippen molar-refractivity contribution in [3.63, 3.8) is 0 Å². The number of nitrogens with one attached hydrogen (secondary N) is 1. The van der Waals surface area contributed by atoms with Gasteiger partial charge >= 0.3 is 0 Å². The first kappa shape index (κ1) is 13.9. The monoisotopic (exact) mass is 237 g/mol. The van der Waals surface area contributed by atoms with Crippen LogP contribution in [0.2, 0.25) is 0 Å². The molecular formula is C13H23N3O. The molecule has 0 aliphatic carbocycles. The van der Waals surface area contributed by atoms with Crippen LogP contribution in [0, 0.1) is 0 Å². The van der Waals surface area contributed by atoms with Gasteiger partial charge in [-0.05, 0) is 32.5 Å². The second kappa shape index (κ2) is 7.25. The summed E-state index contributed by atoms with van der Waals surface area (Å²) in [5.74, 6) is 0. The summed E-state index contributed by atoms with van der Waals surface area (Å²) in [4.78, 5) is 6.66. The molecule has 0 spiro atoms. The first-order valence-electron chi connectivity index (χ1n) is 6.02. The lowest BCUT2D eigenvalue weighted by molar-refractivity contribution is 0.196. The zero-order valence-corrected chi connectivity index (χ0v) is 11.2. The molecule has 0 saturated carbocycles. The highest BCUT2D eigenvalue weighted by Crippen LogP contribution is 2.15. The van der Waals surface area contributed by atoms with Gasteiger partial charge < -0.3 is 15.0 Å². The Balaban J connectivity index is 2.54. The van der Waals surface area contributed by atoms with Crippen LogP contribution >= 0.6 is 0 Å².